The Labute approximate surface area is 102 Å². The first-order valence-corrected chi connectivity index (χ1v) is 5.87. The first-order chi connectivity index (χ1) is 8.22. The zero-order valence-corrected chi connectivity index (χ0v) is 10.3. The quantitative estimate of drug-likeness (QED) is 0.876. The second kappa shape index (κ2) is 5.06. The lowest BCUT2D eigenvalue weighted by molar-refractivity contribution is 0.981. The van der Waals surface area contributed by atoms with Crippen LogP contribution in [0.3, 0.4) is 0 Å². The van der Waals surface area contributed by atoms with Crippen LogP contribution in [0.5, 0.6) is 0 Å². The zero-order chi connectivity index (χ0) is 12.3. The van der Waals surface area contributed by atoms with E-state index in [1.165, 1.54) is 0 Å². The Morgan fingerprint density at radius 3 is 2.71 bits per heavy atom. The molecule has 0 saturated heterocycles. The Hall–Kier alpha value is -1.74. The molecule has 1 aromatic heterocycles. The van der Waals surface area contributed by atoms with Crippen LogP contribution < -0.4 is 5.73 Å². The van der Waals surface area contributed by atoms with E-state index in [1.807, 2.05) is 37.3 Å². The Balaban J connectivity index is 2.47. The molecule has 0 aliphatic carbocycles. The fraction of sp³-hybridized carbons (Fsp3) is 0.286. The number of nitrogens with zero attached hydrogens (tertiary/aromatic N) is 2. The van der Waals surface area contributed by atoms with Crippen molar-refractivity contribution in [1.29, 1.82) is 0 Å². The van der Waals surface area contributed by atoms with E-state index in [0.717, 1.165) is 34.8 Å². The van der Waals surface area contributed by atoms with Gasteiger partial charge < -0.3 is 5.73 Å². The van der Waals surface area contributed by atoms with Crippen LogP contribution in [0.2, 0.25) is 0 Å². The fourth-order valence-corrected chi connectivity index (χ4v) is 1.78. The number of hydrogen-bond acceptors (Lipinski definition) is 3. The summed E-state index contributed by atoms with van der Waals surface area (Å²) >= 11 is 0. The topological polar surface area (TPSA) is 51.8 Å². The molecule has 0 saturated carbocycles. The summed E-state index contributed by atoms with van der Waals surface area (Å²) in [6.45, 7) is 4.64. The molecule has 3 nitrogen and oxygen atoms in total. The molecule has 0 bridgehead atoms. The number of nitrogens with two attached hydrogens (primary N) is 1. The van der Waals surface area contributed by atoms with E-state index in [1.54, 1.807) is 0 Å². The van der Waals surface area contributed by atoms with Crippen molar-refractivity contribution in [1.82, 2.24) is 9.97 Å². The lowest BCUT2D eigenvalue weighted by Crippen LogP contribution is -1.99. The van der Waals surface area contributed by atoms with Crippen molar-refractivity contribution in [2.24, 2.45) is 5.73 Å². The third kappa shape index (κ3) is 2.68. The molecule has 0 amide bonds. The van der Waals surface area contributed by atoms with Gasteiger partial charge in [0.05, 0.1) is 0 Å². The van der Waals surface area contributed by atoms with Gasteiger partial charge in [-0.2, -0.15) is 0 Å². The molecule has 0 radical (unpaired) electrons. The van der Waals surface area contributed by atoms with Crippen LogP contribution >= 0.6 is 0 Å². The standard InChI is InChI=1S/C14H17N3/c1-3-13-7-10(2)16-14(17-13)12-6-4-5-11(8-12)9-15/h4-8H,3,9,15H2,1-2H3. The van der Waals surface area contributed by atoms with Gasteiger partial charge in [-0.15, -0.1) is 0 Å². The monoisotopic (exact) mass is 227 g/mol. The first kappa shape index (κ1) is 11.7. The highest BCUT2D eigenvalue weighted by Crippen LogP contribution is 2.17. The van der Waals surface area contributed by atoms with Crippen molar-refractivity contribution in [2.45, 2.75) is 26.8 Å². The van der Waals surface area contributed by atoms with Crippen molar-refractivity contribution < 1.29 is 0 Å². The van der Waals surface area contributed by atoms with Gasteiger partial charge in [0.15, 0.2) is 5.82 Å². The van der Waals surface area contributed by atoms with Crippen LogP contribution in [-0.2, 0) is 13.0 Å². The maximum absolute atomic E-state index is 5.64. The van der Waals surface area contributed by atoms with E-state index in [4.69, 9.17) is 5.73 Å². The predicted molar refractivity (Wildman–Crippen MR) is 69.5 cm³/mol. The molecule has 1 aromatic carbocycles. The predicted octanol–water partition coefficient (Wildman–Crippen LogP) is 2.47. The molecule has 0 aliphatic heterocycles. The third-order valence-electron chi connectivity index (χ3n) is 2.69. The minimum Gasteiger partial charge on any atom is -0.326 e. The second-order valence-corrected chi connectivity index (χ2v) is 4.08. The Morgan fingerprint density at radius 1 is 1.18 bits per heavy atom. The van der Waals surface area contributed by atoms with E-state index in [0.29, 0.717) is 6.54 Å². The molecule has 2 aromatic rings. The smallest absolute Gasteiger partial charge is 0.159 e. The van der Waals surface area contributed by atoms with Crippen molar-refractivity contribution >= 4 is 0 Å². The molecule has 0 spiro atoms. The van der Waals surface area contributed by atoms with E-state index in [-0.39, 0.29) is 0 Å². The number of benzene rings is 1. The number of hydrogen-bond donors (Lipinski definition) is 1. The van der Waals surface area contributed by atoms with Crippen molar-refractivity contribution in [3.63, 3.8) is 0 Å². The summed E-state index contributed by atoms with van der Waals surface area (Å²) in [5.41, 5.74) is 9.86. The maximum atomic E-state index is 5.64. The van der Waals surface area contributed by atoms with Crippen molar-refractivity contribution in [2.75, 3.05) is 0 Å². The van der Waals surface area contributed by atoms with Gasteiger partial charge >= 0.3 is 0 Å². The lowest BCUT2D eigenvalue weighted by Gasteiger charge is -2.06. The molecule has 0 atom stereocenters. The van der Waals surface area contributed by atoms with Gasteiger partial charge in [0, 0.05) is 23.5 Å². The third-order valence-corrected chi connectivity index (χ3v) is 2.69. The highest BCUT2D eigenvalue weighted by Gasteiger charge is 2.04. The summed E-state index contributed by atoms with van der Waals surface area (Å²) in [6, 6.07) is 10.1. The summed E-state index contributed by atoms with van der Waals surface area (Å²) in [6.07, 6.45) is 0.924. The van der Waals surface area contributed by atoms with Crippen molar-refractivity contribution in [3.8, 4) is 11.4 Å². The molecule has 2 N–H and O–H groups in total. The molecular formula is C14H17N3. The first-order valence-electron chi connectivity index (χ1n) is 5.87. The van der Waals surface area contributed by atoms with Gasteiger partial charge in [-0.05, 0) is 31.0 Å². The summed E-state index contributed by atoms with van der Waals surface area (Å²) < 4.78 is 0. The normalized spacial score (nSPS) is 10.5. The van der Waals surface area contributed by atoms with Crippen LogP contribution in [-0.4, -0.2) is 9.97 Å². The zero-order valence-electron chi connectivity index (χ0n) is 10.3. The number of aryl methyl sites for hydroxylation is 2. The number of rotatable bonds is 3. The molecule has 1 heterocycles. The summed E-state index contributed by atoms with van der Waals surface area (Å²) in [5.74, 6) is 0.789. The highest BCUT2D eigenvalue weighted by atomic mass is 14.9. The Kier molecular flexibility index (Phi) is 3.49. The molecule has 3 heteroatoms. The van der Waals surface area contributed by atoms with Crippen LogP contribution in [0.25, 0.3) is 11.4 Å². The van der Waals surface area contributed by atoms with Crippen molar-refractivity contribution in [3.05, 3.63) is 47.3 Å². The van der Waals surface area contributed by atoms with Crippen LogP contribution in [0.4, 0.5) is 0 Å². The summed E-state index contributed by atoms with van der Waals surface area (Å²) in [4.78, 5) is 9.02. The molecule has 0 fully saturated rings. The van der Waals surface area contributed by atoms with Crippen LogP contribution in [0, 0.1) is 6.92 Å². The maximum Gasteiger partial charge on any atom is 0.159 e. The van der Waals surface area contributed by atoms with E-state index in [2.05, 4.69) is 16.9 Å². The Morgan fingerprint density at radius 2 is 2.00 bits per heavy atom. The van der Waals surface area contributed by atoms with Crippen LogP contribution in [0.15, 0.2) is 30.3 Å². The average Bonchev–Trinajstić information content (AvgIpc) is 2.38. The average molecular weight is 227 g/mol. The van der Waals surface area contributed by atoms with Crippen LogP contribution in [0.1, 0.15) is 23.9 Å². The van der Waals surface area contributed by atoms with Gasteiger partial charge in [-0.3, -0.25) is 0 Å². The minimum atomic E-state index is 0.542. The fourth-order valence-electron chi connectivity index (χ4n) is 1.78. The SMILES string of the molecule is CCc1cc(C)nc(-c2cccc(CN)c2)n1. The van der Waals surface area contributed by atoms with E-state index in [9.17, 15) is 0 Å². The Bertz CT molecular complexity index is 521. The largest absolute Gasteiger partial charge is 0.326 e. The van der Waals surface area contributed by atoms with Gasteiger partial charge in [-0.25, -0.2) is 9.97 Å². The minimum absolute atomic E-state index is 0.542. The van der Waals surface area contributed by atoms with Gasteiger partial charge in [0.1, 0.15) is 0 Å². The van der Waals surface area contributed by atoms with E-state index >= 15 is 0 Å². The second-order valence-electron chi connectivity index (χ2n) is 4.08. The molecule has 88 valence electrons. The molecule has 0 unspecified atom stereocenters. The molecule has 2 rings (SSSR count). The van der Waals surface area contributed by atoms with Gasteiger partial charge in [-0.1, -0.05) is 25.1 Å². The van der Waals surface area contributed by atoms with Gasteiger partial charge in [0.2, 0.25) is 0 Å². The summed E-state index contributed by atoms with van der Waals surface area (Å²) in [5, 5.41) is 0. The lowest BCUT2D eigenvalue weighted by atomic mass is 10.1. The molecule has 17 heavy (non-hydrogen) atoms. The highest BCUT2D eigenvalue weighted by molar-refractivity contribution is 5.56. The summed E-state index contributed by atoms with van der Waals surface area (Å²) in [7, 11) is 0. The number of aromatic nitrogens is 2. The molecule has 0 aliphatic rings. The molecular weight excluding hydrogens is 210 g/mol. The van der Waals surface area contributed by atoms with Gasteiger partial charge in [0.25, 0.3) is 0 Å². The van der Waals surface area contributed by atoms with E-state index < -0.39 is 0 Å².